The molecule has 4 aromatic carbocycles. The summed E-state index contributed by atoms with van der Waals surface area (Å²) in [5.41, 5.74) is 25.2. The lowest BCUT2D eigenvalue weighted by atomic mass is 9.96. The Balaban J connectivity index is 1.37. The van der Waals surface area contributed by atoms with Crippen LogP contribution in [0.25, 0.3) is 0 Å². The number of nitrogens with one attached hydrogen (secondary N) is 12. The highest BCUT2D eigenvalue weighted by molar-refractivity contribution is 6.01. The van der Waals surface area contributed by atoms with E-state index in [-0.39, 0.29) is 115 Å². The third-order valence-electron chi connectivity index (χ3n) is 21.0. The second kappa shape index (κ2) is 53.8. The number of nitrogens with two attached hydrogens (primary N) is 4. The van der Waals surface area contributed by atoms with Crippen molar-refractivity contribution in [2.75, 3.05) is 26.2 Å². The molecule has 1 aliphatic heterocycles. The molecule has 1 heterocycles. The van der Waals surface area contributed by atoms with Gasteiger partial charge in [0.15, 0.2) is 0 Å². The number of rotatable bonds is 57. The number of hydrogen-bond donors (Lipinski definition) is 23. The van der Waals surface area contributed by atoms with Gasteiger partial charge in [-0.3, -0.25) is 81.5 Å². The molecule has 15 atom stereocenters. The summed E-state index contributed by atoms with van der Waals surface area (Å²) in [7, 11) is 0. The summed E-state index contributed by atoms with van der Waals surface area (Å²) >= 11 is 0. The third kappa shape index (κ3) is 36.5. The molecule has 1 fully saturated rings. The van der Waals surface area contributed by atoms with Gasteiger partial charge < -0.3 is 127 Å². The van der Waals surface area contributed by atoms with Crippen molar-refractivity contribution in [3.8, 4) is 11.5 Å². The fraction of sp³-hybridized carbons (Fsp3) is 0.506. The number of unbranched alkanes of at least 4 members (excludes halogenated alkanes) is 2. The number of carboxylic acid groups (broad SMARTS) is 4. The first-order valence-electron chi connectivity index (χ1n) is 41.9. The fourth-order valence-corrected chi connectivity index (χ4v) is 13.6. The zero-order valence-electron chi connectivity index (χ0n) is 71.0. The number of aliphatic hydroxyl groups is 1. The number of phenols is 2. The van der Waals surface area contributed by atoms with E-state index in [1.165, 1.54) is 60.4 Å². The number of aliphatic carboxylic acids is 4. The van der Waals surface area contributed by atoms with Crippen LogP contribution in [0.5, 0.6) is 11.5 Å². The predicted molar refractivity (Wildman–Crippen MR) is 454 cm³/mol. The Labute approximate surface area is 732 Å². The molecule has 42 heteroatoms. The Morgan fingerprint density at radius 1 is 0.394 bits per heavy atom. The van der Waals surface area contributed by atoms with Crippen LogP contribution in [0, 0.1) is 5.92 Å². The number of primary amides is 1. The van der Waals surface area contributed by atoms with Crippen LogP contribution in [-0.2, 0) is 112 Å². The quantitative estimate of drug-likeness (QED) is 0.0193. The number of carbonyl (C=O) groups is 18. The van der Waals surface area contributed by atoms with Crippen LogP contribution in [0.3, 0.4) is 0 Å². The van der Waals surface area contributed by atoms with Crippen LogP contribution in [0.2, 0.25) is 0 Å². The molecule has 0 bridgehead atoms. The van der Waals surface area contributed by atoms with Crippen LogP contribution < -0.4 is 86.7 Å². The molecule has 5 rings (SSSR count). The number of aromatic hydroxyl groups is 2. The molecule has 1 saturated heterocycles. The number of carbonyl (C=O) groups excluding carboxylic acids is 14. The standard InChI is InChI=1S/C85H119N17O25/c1-4-47(2)71(101-81(122)63(44-52-25-29-54(105)30-26-52)97-72(113)48(3)90-74(115)59(32-36-68(107)108)94-78(119)60(33-37-69(109)110)91-73(114)55(88)42-49-16-7-5-8-17-49)84(125)102-41-15-22-66(102)83(124)96-57(21-12-14-40-87)75(116)95-61(34-38-70(111)112)79(120)93-58(31-35-67(89)106)77(118)92-56(20-11-13-39-86)76(117)98-62(43-51-23-27-53(104)28-24-51)80(121)100-65(46-103)82(123)99-64(85(126)127)45-50-18-9-6-10-19-50/h5-10,16-19,23-30,47-48,55-66,71,103-105H,4,11-15,20-22,31-46,86-88H2,1-3H3,(H2,89,106)(H,90,115)(H,91,114)(H,92,118)(H,93,120)(H,94,119)(H,95,116)(H,96,124)(H,97,113)(H,98,117)(H,99,123)(H,100,121)(H,101,122)(H,107,108)(H,109,110)(H,111,112)(H,126,127)/t47-,48-,55-,56-,57-,58-,59-,60-,61-,62-,63-,64-,65-,66-,71-/m0/s1. The number of hydrogen-bond acceptors (Lipinski definition) is 24. The molecular formula is C85H119N17O25. The third-order valence-corrected chi connectivity index (χ3v) is 21.0. The van der Waals surface area contributed by atoms with E-state index >= 15 is 4.79 Å². The van der Waals surface area contributed by atoms with E-state index in [0.29, 0.717) is 22.3 Å². The van der Waals surface area contributed by atoms with Crippen molar-refractivity contribution in [3.63, 3.8) is 0 Å². The molecule has 127 heavy (non-hydrogen) atoms. The van der Waals surface area contributed by atoms with Crippen molar-refractivity contribution in [3.05, 3.63) is 131 Å². The maximum absolute atomic E-state index is 15.1. The van der Waals surface area contributed by atoms with E-state index in [1.54, 1.807) is 74.5 Å². The average Bonchev–Trinajstić information content (AvgIpc) is 1.70. The first kappa shape index (κ1) is 104. The lowest BCUT2D eigenvalue weighted by Crippen LogP contribution is -2.61. The van der Waals surface area contributed by atoms with Gasteiger partial charge in [-0.1, -0.05) is 105 Å². The molecule has 0 aromatic heterocycles. The molecule has 1 aliphatic rings. The molecule has 0 radical (unpaired) electrons. The first-order valence-corrected chi connectivity index (χ1v) is 41.9. The largest absolute Gasteiger partial charge is 0.508 e. The Bertz CT molecular complexity index is 4400. The molecule has 27 N–H and O–H groups in total. The highest BCUT2D eigenvalue weighted by Crippen LogP contribution is 2.24. The smallest absolute Gasteiger partial charge is 0.326 e. The Morgan fingerprint density at radius 2 is 0.732 bits per heavy atom. The summed E-state index contributed by atoms with van der Waals surface area (Å²) in [5, 5.41) is 99.3. The van der Waals surface area contributed by atoms with E-state index in [1.807, 2.05) is 0 Å². The summed E-state index contributed by atoms with van der Waals surface area (Å²) in [5.74, 6) is -21.2. The zero-order valence-corrected chi connectivity index (χ0v) is 71.0. The topological polar surface area (TPSA) is 701 Å². The van der Waals surface area contributed by atoms with Crippen molar-refractivity contribution >= 4 is 107 Å². The van der Waals surface area contributed by atoms with Crippen LogP contribution in [0.15, 0.2) is 109 Å². The Morgan fingerprint density at radius 3 is 1.14 bits per heavy atom. The van der Waals surface area contributed by atoms with E-state index in [2.05, 4.69) is 63.8 Å². The monoisotopic (exact) mass is 1780 g/mol. The van der Waals surface area contributed by atoms with E-state index in [4.69, 9.17) is 22.9 Å². The molecule has 14 amide bonds. The van der Waals surface area contributed by atoms with Crippen molar-refractivity contribution in [2.45, 2.75) is 240 Å². The molecule has 0 saturated carbocycles. The summed E-state index contributed by atoms with van der Waals surface area (Å²) in [6.07, 6.45) is -5.05. The number of aliphatic hydroxyl groups excluding tert-OH is 1. The van der Waals surface area contributed by atoms with Gasteiger partial charge in [-0.2, -0.15) is 0 Å². The van der Waals surface area contributed by atoms with Crippen LogP contribution >= 0.6 is 0 Å². The SMILES string of the molecule is CC[C@H](C)[C@H](NC(=O)[C@H](Cc1ccc(O)cc1)NC(=O)[C@H](C)NC(=O)[C@H](CCC(=O)O)NC(=O)[C@H](CCC(=O)O)NC(=O)[C@@H](N)Cc1ccccc1)C(=O)N1CCC[C@H]1C(=O)N[C@@H](CCCCN)C(=O)N[C@@H](CCC(=O)O)C(=O)N[C@@H](CCC(N)=O)C(=O)N[C@@H](CCCCN)C(=O)N[C@@H](Cc1ccc(O)cc1)C(=O)N[C@@H](CO)C(=O)N[C@@H](Cc1ccccc1)C(=O)O. The van der Waals surface area contributed by atoms with Crippen molar-refractivity contribution in [2.24, 2.45) is 28.9 Å². The normalized spacial score (nSPS) is 15.6. The van der Waals surface area contributed by atoms with E-state index in [9.17, 15) is 117 Å². The van der Waals surface area contributed by atoms with E-state index in [0.717, 1.165) is 0 Å². The molecule has 694 valence electrons. The Hall–Kier alpha value is -13.2. The minimum absolute atomic E-state index is 0.00542. The van der Waals surface area contributed by atoms with Gasteiger partial charge in [0, 0.05) is 51.5 Å². The first-order chi connectivity index (χ1) is 60.3. The summed E-state index contributed by atoms with van der Waals surface area (Å²) in [6, 6.07) is 5.24. The van der Waals surface area contributed by atoms with Gasteiger partial charge in [-0.25, -0.2) is 4.79 Å². The minimum atomic E-state index is -1.85. The predicted octanol–water partition coefficient (Wildman–Crippen LogP) is -3.23. The summed E-state index contributed by atoms with van der Waals surface area (Å²) < 4.78 is 0. The highest BCUT2D eigenvalue weighted by Gasteiger charge is 2.43. The maximum Gasteiger partial charge on any atom is 0.326 e. The number of amides is 14. The number of carboxylic acids is 4. The summed E-state index contributed by atoms with van der Waals surface area (Å²) in [6.45, 7) is 3.56. The van der Waals surface area contributed by atoms with Crippen LogP contribution in [0.4, 0.5) is 0 Å². The van der Waals surface area contributed by atoms with Crippen LogP contribution in [0.1, 0.15) is 152 Å². The number of benzene rings is 4. The number of phenolic OH excluding ortho intramolecular Hbond substituents is 2. The molecule has 0 spiro atoms. The van der Waals surface area contributed by atoms with Gasteiger partial charge in [-0.05, 0) is 156 Å². The van der Waals surface area contributed by atoms with Gasteiger partial charge in [-0.15, -0.1) is 0 Å². The van der Waals surface area contributed by atoms with E-state index < -0.39 is 255 Å². The summed E-state index contributed by atoms with van der Waals surface area (Å²) in [4.78, 5) is 248. The van der Waals surface area contributed by atoms with Crippen molar-refractivity contribution in [1.82, 2.24) is 68.7 Å². The molecule has 0 unspecified atom stereocenters. The second-order valence-electron chi connectivity index (χ2n) is 31.0. The van der Waals surface area contributed by atoms with Crippen LogP contribution in [-0.4, -0.2) is 258 Å². The molecule has 4 aromatic rings. The van der Waals surface area contributed by atoms with Gasteiger partial charge in [0.1, 0.15) is 90.0 Å². The molecule has 42 nitrogen and oxygen atoms in total. The Kier molecular flexibility index (Phi) is 44.2. The lowest BCUT2D eigenvalue weighted by molar-refractivity contribution is -0.143. The fourth-order valence-electron chi connectivity index (χ4n) is 13.6. The second-order valence-corrected chi connectivity index (χ2v) is 31.0. The molecule has 0 aliphatic carbocycles. The van der Waals surface area contributed by atoms with Gasteiger partial charge in [0.05, 0.1) is 12.6 Å². The number of likely N-dealkylation sites (tertiary alicyclic amines) is 1. The average molecular weight is 1780 g/mol. The highest BCUT2D eigenvalue weighted by atomic mass is 16.4. The van der Waals surface area contributed by atoms with Gasteiger partial charge in [0.25, 0.3) is 0 Å². The minimum Gasteiger partial charge on any atom is -0.508 e. The van der Waals surface area contributed by atoms with Crippen molar-refractivity contribution < 1.29 is 122 Å². The van der Waals surface area contributed by atoms with Crippen molar-refractivity contribution in [1.29, 1.82) is 0 Å². The number of nitrogens with zero attached hydrogens (tertiary/aromatic N) is 1. The lowest BCUT2D eigenvalue weighted by Gasteiger charge is -2.33. The maximum atomic E-state index is 15.1. The van der Waals surface area contributed by atoms with Gasteiger partial charge in [0.2, 0.25) is 82.7 Å². The van der Waals surface area contributed by atoms with Gasteiger partial charge >= 0.3 is 23.9 Å². The molecular weight excluding hydrogens is 1660 g/mol. The zero-order chi connectivity index (χ0) is 94.0.